The largest absolute Gasteiger partial charge is 0.474 e. The second-order valence-electron chi connectivity index (χ2n) is 9.16. The van der Waals surface area contributed by atoms with E-state index in [1.807, 2.05) is 12.4 Å². The van der Waals surface area contributed by atoms with Crippen molar-refractivity contribution in [3.8, 4) is 5.88 Å². The number of ether oxygens (including phenoxy) is 2. The number of benzene rings is 1. The lowest BCUT2D eigenvalue weighted by Crippen LogP contribution is -2.39. The Morgan fingerprint density at radius 3 is 2.56 bits per heavy atom. The smallest absolute Gasteiger partial charge is 0.416 e. The number of nitrogens with zero attached hydrogens (tertiary/aromatic N) is 5. The SMILES string of the molecule is Fc1cc(C(F)(F)F)ccc1Cc1nccc(OC2CCN(Cc3nccn3C[C@@H]3CCO3)CC2)n1. The predicted octanol–water partition coefficient (Wildman–Crippen LogP) is 4.25. The summed E-state index contributed by atoms with van der Waals surface area (Å²) < 4.78 is 66.3. The number of imidazole rings is 1. The van der Waals surface area contributed by atoms with Gasteiger partial charge in [0.1, 0.15) is 23.6 Å². The van der Waals surface area contributed by atoms with E-state index in [0.29, 0.717) is 11.9 Å². The van der Waals surface area contributed by atoms with Crippen LogP contribution in [0.2, 0.25) is 0 Å². The maximum Gasteiger partial charge on any atom is 0.416 e. The first kappa shape index (κ1) is 24.6. The fourth-order valence-corrected chi connectivity index (χ4v) is 4.43. The summed E-state index contributed by atoms with van der Waals surface area (Å²) in [5.41, 5.74) is -0.930. The lowest BCUT2D eigenvalue weighted by molar-refractivity contribution is -0.137. The van der Waals surface area contributed by atoms with Crippen LogP contribution >= 0.6 is 0 Å². The van der Waals surface area contributed by atoms with Gasteiger partial charge in [-0.15, -0.1) is 0 Å². The molecule has 0 bridgehead atoms. The monoisotopic (exact) mass is 505 g/mol. The molecule has 0 saturated carbocycles. The highest BCUT2D eigenvalue weighted by Gasteiger charge is 2.31. The van der Waals surface area contributed by atoms with Gasteiger partial charge < -0.3 is 14.0 Å². The van der Waals surface area contributed by atoms with Gasteiger partial charge in [-0.3, -0.25) is 4.90 Å². The zero-order chi connectivity index (χ0) is 25.1. The Morgan fingerprint density at radius 2 is 1.86 bits per heavy atom. The standard InChI is InChI=1S/C25H27F4N5O2/c26-21-14-18(25(27,28)29)2-1-17(21)13-22-30-7-3-24(32-22)36-19-4-9-33(10-5-19)16-23-31-8-11-34(23)15-20-6-12-35-20/h1-3,7-8,11,14,19-20H,4-6,9-10,12-13,15-16H2/t20-/m0/s1. The normalized spacial score (nSPS) is 19.3. The summed E-state index contributed by atoms with van der Waals surface area (Å²) in [6.07, 6.45) is 3.70. The van der Waals surface area contributed by atoms with Gasteiger partial charge in [0.2, 0.25) is 5.88 Å². The number of aromatic nitrogens is 4. The molecular weight excluding hydrogens is 478 g/mol. The van der Waals surface area contributed by atoms with Crippen LogP contribution in [0.25, 0.3) is 0 Å². The second-order valence-corrected chi connectivity index (χ2v) is 9.16. The highest BCUT2D eigenvalue weighted by Crippen LogP contribution is 2.30. The summed E-state index contributed by atoms with van der Waals surface area (Å²) in [5.74, 6) is 0.751. The number of piperidine rings is 1. The van der Waals surface area contributed by atoms with Crippen molar-refractivity contribution in [2.24, 2.45) is 0 Å². The van der Waals surface area contributed by atoms with Gasteiger partial charge in [-0.2, -0.15) is 18.2 Å². The Morgan fingerprint density at radius 1 is 1.06 bits per heavy atom. The highest BCUT2D eigenvalue weighted by molar-refractivity contribution is 5.28. The van der Waals surface area contributed by atoms with Crippen molar-refractivity contribution < 1.29 is 27.0 Å². The van der Waals surface area contributed by atoms with Gasteiger partial charge in [-0.25, -0.2) is 14.4 Å². The van der Waals surface area contributed by atoms with E-state index in [9.17, 15) is 17.6 Å². The molecule has 2 fully saturated rings. The van der Waals surface area contributed by atoms with Gasteiger partial charge in [-0.05, 0) is 37.0 Å². The highest BCUT2D eigenvalue weighted by atomic mass is 19.4. The molecule has 5 rings (SSSR count). The molecule has 0 radical (unpaired) electrons. The van der Waals surface area contributed by atoms with E-state index in [-0.39, 0.29) is 30.0 Å². The van der Waals surface area contributed by atoms with Gasteiger partial charge >= 0.3 is 6.18 Å². The van der Waals surface area contributed by atoms with Crippen LogP contribution in [0.5, 0.6) is 5.88 Å². The van der Waals surface area contributed by atoms with Gasteiger partial charge in [0.15, 0.2) is 0 Å². The first-order valence-corrected chi connectivity index (χ1v) is 12.0. The minimum atomic E-state index is -4.59. The third-order valence-electron chi connectivity index (χ3n) is 6.59. The summed E-state index contributed by atoms with van der Waals surface area (Å²) in [6.45, 7) is 4.14. The van der Waals surface area contributed by atoms with Crippen molar-refractivity contribution in [2.45, 2.75) is 57.2 Å². The molecule has 2 aliphatic heterocycles. The maximum atomic E-state index is 14.2. The van der Waals surface area contributed by atoms with Crippen molar-refractivity contribution in [1.82, 2.24) is 24.4 Å². The van der Waals surface area contributed by atoms with E-state index in [1.54, 1.807) is 6.07 Å². The van der Waals surface area contributed by atoms with Crippen LogP contribution in [0.3, 0.4) is 0 Å². The number of likely N-dealkylation sites (tertiary alicyclic amines) is 1. The van der Waals surface area contributed by atoms with Crippen molar-refractivity contribution in [3.63, 3.8) is 0 Å². The molecule has 4 heterocycles. The van der Waals surface area contributed by atoms with Crippen LogP contribution in [0, 0.1) is 5.82 Å². The van der Waals surface area contributed by atoms with E-state index in [0.717, 1.165) is 70.0 Å². The Bertz CT molecular complexity index is 1170. The average Bonchev–Trinajstić information content (AvgIpc) is 3.25. The van der Waals surface area contributed by atoms with Crippen LogP contribution in [0.4, 0.5) is 17.6 Å². The molecule has 36 heavy (non-hydrogen) atoms. The van der Waals surface area contributed by atoms with Gasteiger partial charge in [0.25, 0.3) is 0 Å². The fraction of sp³-hybridized carbons (Fsp3) is 0.480. The van der Waals surface area contributed by atoms with Crippen LogP contribution in [0.1, 0.15) is 42.0 Å². The number of alkyl halides is 3. The molecule has 2 aromatic heterocycles. The summed E-state index contributed by atoms with van der Waals surface area (Å²) >= 11 is 0. The van der Waals surface area contributed by atoms with Crippen molar-refractivity contribution >= 4 is 0 Å². The molecule has 0 unspecified atom stereocenters. The van der Waals surface area contributed by atoms with E-state index in [2.05, 4.69) is 24.4 Å². The topological polar surface area (TPSA) is 65.3 Å². The number of halogens is 4. The molecular formula is C25H27F4N5O2. The predicted molar refractivity (Wildman–Crippen MR) is 122 cm³/mol. The van der Waals surface area contributed by atoms with Crippen molar-refractivity contribution in [3.05, 3.63) is 71.4 Å². The minimum absolute atomic E-state index is 0.0186. The van der Waals surface area contributed by atoms with E-state index in [4.69, 9.17) is 9.47 Å². The van der Waals surface area contributed by atoms with Gasteiger partial charge in [-0.1, -0.05) is 6.07 Å². The molecule has 1 atom stereocenters. The number of hydrogen-bond donors (Lipinski definition) is 0. The molecule has 11 heteroatoms. The van der Waals surface area contributed by atoms with Gasteiger partial charge in [0, 0.05) is 50.8 Å². The molecule has 0 amide bonds. The molecule has 3 aromatic rings. The first-order valence-electron chi connectivity index (χ1n) is 12.0. The average molecular weight is 506 g/mol. The zero-order valence-corrected chi connectivity index (χ0v) is 19.6. The molecule has 7 nitrogen and oxygen atoms in total. The fourth-order valence-electron chi connectivity index (χ4n) is 4.43. The molecule has 0 spiro atoms. The second kappa shape index (κ2) is 10.5. The molecule has 1 aromatic carbocycles. The Kier molecular flexibility index (Phi) is 7.20. The first-order chi connectivity index (χ1) is 17.3. The summed E-state index contributed by atoms with van der Waals surface area (Å²) in [4.78, 5) is 15.3. The maximum absolute atomic E-state index is 14.2. The summed E-state index contributed by atoms with van der Waals surface area (Å²) in [6, 6.07) is 4.12. The third-order valence-corrected chi connectivity index (χ3v) is 6.59. The van der Waals surface area contributed by atoms with Gasteiger partial charge in [0.05, 0.1) is 24.8 Å². The summed E-state index contributed by atoms with van der Waals surface area (Å²) in [7, 11) is 0. The lowest BCUT2D eigenvalue weighted by atomic mass is 10.1. The van der Waals surface area contributed by atoms with Crippen LogP contribution in [-0.2, 0) is 30.4 Å². The van der Waals surface area contributed by atoms with Crippen LogP contribution < -0.4 is 4.74 Å². The Balaban J connectivity index is 1.13. The Hall–Kier alpha value is -3.05. The summed E-state index contributed by atoms with van der Waals surface area (Å²) in [5, 5.41) is 0. The third kappa shape index (κ3) is 6.01. The molecule has 192 valence electrons. The van der Waals surface area contributed by atoms with Crippen molar-refractivity contribution in [2.75, 3.05) is 19.7 Å². The van der Waals surface area contributed by atoms with E-state index >= 15 is 0 Å². The zero-order valence-electron chi connectivity index (χ0n) is 19.6. The van der Waals surface area contributed by atoms with E-state index in [1.165, 1.54) is 6.20 Å². The Labute approximate surface area is 206 Å². The quantitative estimate of drug-likeness (QED) is 0.427. The number of rotatable bonds is 8. The molecule has 0 N–H and O–H groups in total. The van der Waals surface area contributed by atoms with Crippen LogP contribution in [0.15, 0.2) is 42.9 Å². The minimum Gasteiger partial charge on any atom is -0.474 e. The number of hydrogen-bond acceptors (Lipinski definition) is 6. The molecule has 2 aliphatic rings. The lowest BCUT2D eigenvalue weighted by Gasteiger charge is -2.32. The molecule has 2 saturated heterocycles. The van der Waals surface area contributed by atoms with Crippen molar-refractivity contribution in [1.29, 1.82) is 0 Å². The molecule has 0 aliphatic carbocycles. The van der Waals surface area contributed by atoms with Crippen LogP contribution in [-0.4, -0.2) is 56.3 Å². The van der Waals surface area contributed by atoms with E-state index < -0.39 is 17.6 Å².